The quantitative estimate of drug-likeness (QED) is 0.812. The molecule has 0 saturated carbocycles. The third-order valence-corrected chi connectivity index (χ3v) is 2.18. The van der Waals surface area contributed by atoms with Gasteiger partial charge in [0.15, 0.2) is 0 Å². The van der Waals surface area contributed by atoms with Crippen LogP contribution in [-0.2, 0) is 13.1 Å². The number of nitrogens with zero attached hydrogens (tertiary/aromatic N) is 3. The molecule has 0 amide bonds. The zero-order chi connectivity index (χ0) is 10.7. The van der Waals surface area contributed by atoms with Crippen molar-refractivity contribution in [2.45, 2.75) is 13.1 Å². The van der Waals surface area contributed by atoms with E-state index < -0.39 is 0 Å². The number of hydrogen-bond acceptors (Lipinski definition) is 3. The summed E-state index contributed by atoms with van der Waals surface area (Å²) in [6.07, 6.45) is 1.58. The molecule has 4 nitrogen and oxygen atoms in total. The fraction of sp³-hybridized carbons (Fsp3) is 0.200. The van der Waals surface area contributed by atoms with Gasteiger partial charge in [-0.05, 0) is 6.07 Å². The molecule has 1 heterocycles. The van der Waals surface area contributed by atoms with Crippen molar-refractivity contribution in [1.82, 2.24) is 15.0 Å². The first kappa shape index (κ1) is 9.79. The van der Waals surface area contributed by atoms with Crippen LogP contribution in [-0.4, -0.2) is 15.0 Å². The van der Waals surface area contributed by atoms with Gasteiger partial charge in [-0.15, -0.1) is 5.10 Å². The maximum absolute atomic E-state index is 13.3. The van der Waals surface area contributed by atoms with Gasteiger partial charge in [0.1, 0.15) is 5.82 Å². The monoisotopic (exact) mass is 206 g/mol. The van der Waals surface area contributed by atoms with Crippen LogP contribution < -0.4 is 5.73 Å². The predicted octanol–water partition coefficient (Wildman–Crippen LogP) is 0.924. The molecule has 0 radical (unpaired) electrons. The van der Waals surface area contributed by atoms with Gasteiger partial charge in [-0.2, -0.15) is 0 Å². The van der Waals surface area contributed by atoms with Crippen molar-refractivity contribution < 1.29 is 4.39 Å². The van der Waals surface area contributed by atoms with Crippen LogP contribution in [0, 0.1) is 5.82 Å². The molecule has 0 fully saturated rings. The minimum atomic E-state index is -0.240. The molecule has 1 aromatic carbocycles. The summed E-state index contributed by atoms with van der Waals surface area (Å²) in [5.74, 6) is -0.240. The van der Waals surface area contributed by atoms with Crippen LogP contribution in [0.15, 0.2) is 30.5 Å². The molecule has 0 aliphatic carbocycles. The SMILES string of the molecule is NCc1cnnn1Cc1ccccc1F. The van der Waals surface area contributed by atoms with E-state index in [0.29, 0.717) is 18.7 Å². The lowest BCUT2D eigenvalue weighted by Gasteiger charge is -2.05. The third kappa shape index (κ3) is 2.02. The molecule has 0 unspecified atom stereocenters. The van der Waals surface area contributed by atoms with Gasteiger partial charge < -0.3 is 5.73 Å². The highest BCUT2D eigenvalue weighted by atomic mass is 19.1. The van der Waals surface area contributed by atoms with Gasteiger partial charge in [0.2, 0.25) is 0 Å². The van der Waals surface area contributed by atoms with Gasteiger partial charge in [-0.3, -0.25) is 0 Å². The third-order valence-electron chi connectivity index (χ3n) is 2.18. The molecule has 0 atom stereocenters. The van der Waals surface area contributed by atoms with Crippen LogP contribution in [0.1, 0.15) is 11.3 Å². The second kappa shape index (κ2) is 4.18. The fourth-order valence-electron chi connectivity index (χ4n) is 1.36. The maximum Gasteiger partial charge on any atom is 0.128 e. The summed E-state index contributed by atoms with van der Waals surface area (Å²) in [5.41, 5.74) is 6.86. The second-order valence-electron chi connectivity index (χ2n) is 3.18. The lowest BCUT2D eigenvalue weighted by atomic mass is 10.2. The van der Waals surface area contributed by atoms with Crippen LogP contribution in [0.25, 0.3) is 0 Å². The van der Waals surface area contributed by atoms with Crippen molar-refractivity contribution in [2.24, 2.45) is 5.73 Å². The van der Waals surface area contributed by atoms with E-state index >= 15 is 0 Å². The van der Waals surface area contributed by atoms with Crippen molar-refractivity contribution >= 4 is 0 Å². The standard InChI is InChI=1S/C10H11FN4/c11-10-4-2-1-3-8(10)7-15-9(5-12)6-13-14-15/h1-4,6H,5,7,12H2. The summed E-state index contributed by atoms with van der Waals surface area (Å²) in [4.78, 5) is 0. The van der Waals surface area contributed by atoms with Crippen LogP contribution >= 0.6 is 0 Å². The van der Waals surface area contributed by atoms with E-state index in [4.69, 9.17) is 5.73 Å². The molecule has 1 aromatic heterocycles. The number of nitrogens with two attached hydrogens (primary N) is 1. The van der Waals surface area contributed by atoms with Gasteiger partial charge in [-0.25, -0.2) is 9.07 Å². The highest BCUT2D eigenvalue weighted by molar-refractivity contribution is 5.17. The lowest BCUT2D eigenvalue weighted by molar-refractivity contribution is 0.566. The van der Waals surface area contributed by atoms with E-state index in [9.17, 15) is 4.39 Å². The first-order valence-electron chi connectivity index (χ1n) is 4.62. The average Bonchev–Trinajstić information content (AvgIpc) is 2.69. The Morgan fingerprint density at radius 3 is 2.87 bits per heavy atom. The Bertz CT molecular complexity index is 452. The second-order valence-corrected chi connectivity index (χ2v) is 3.18. The van der Waals surface area contributed by atoms with Crippen molar-refractivity contribution in [3.63, 3.8) is 0 Å². The molecule has 2 aromatic rings. The molecule has 0 aliphatic rings. The molecule has 5 heteroatoms. The summed E-state index contributed by atoms with van der Waals surface area (Å²) in [5, 5.41) is 7.57. The summed E-state index contributed by atoms with van der Waals surface area (Å²) in [6, 6.07) is 6.59. The summed E-state index contributed by atoms with van der Waals surface area (Å²) < 4.78 is 14.9. The Morgan fingerprint density at radius 1 is 1.33 bits per heavy atom. The number of rotatable bonds is 3. The van der Waals surface area contributed by atoms with E-state index in [1.807, 2.05) is 0 Å². The summed E-state index contributed by atoms with van der Waals surface area (Å²) in [6.45, 7) is 0.709. The molecule has 0 saturated heterocycles. The Morgan fingerprint density at radius 2 is 2.13 bits per heavy atom. The van der Waals surface area contributed by atoms with E-state index in [2.05, 4.69) is 10.3 Å². The molecular weight excluding hydrogens is 195 g/mol. The molecule has 0 aliphatic heterocycles. The van der Waals surface area contributed by atoms with Gasteiger partial charge in [0, 0.05) is 12.1 Å². The first-order valence-corrected chi connectivity index (χ1v) is 4.62. The van der Waals surface area contributed by atoms with E-state index in [0.717, 1.165) is 5.69 Å². The topological polar surface area (TPSA) is 56.7 Å². The molecule has 0 bridgehead atoms. The minimum absolute atomic E-state index is 0.240. The van der Waals surface area contributed by atoms with Gasteiger partial charge >= 0.3 is 0 Å². The number of hydrogen-bond donors (Lipinski definition) is 1. The average molecular weight is 206 g/mol. The molecule has 78 valence electrons. The van der Waals surface area contributed by atoms with Gasteiger partial charge in [0.05, 0.1) is 18.4 Å². The first-order chi connectivity index (χ1) is 7.31. The maximum atomic E-state index is 13.3. The van der Waals surface area contributed by atoms with Crippen molar-refractivity contribution in [2.75, 3.05) is 0 Å². The molecule has 2 rings (SSSR count). The Balaban J connectivity index is 2.26. The van der Waals surface area contributed by atoms with Crippen molar-refractivity contribution in [3.8, 4) is 0 Å². The zero-order valence-corrected chi connectivity index (χ0v) is 8.10. The summed E-state index contributed by atoms with van der Waals surface area (Å²) >= 11 is 0. The molecule has 0 spiro atoms. The smallest absolute Gasteiger partial charge is 0.128 e. The lowest BCUT2D eigenvalue weighted by Crippen LogP contribution is -2.10. The largest absolute Gasteiger partial charge is 0.325 e. The number of aromatic nitrogens is 3. The fourth-order valence-corrected chi connectivity index (χ4v) is 1.36. The molecular formula is C10H11FN4. The number of benzene rings is 1. The zero-order valence-electron chi connectivity index (χ0n) is 8.10. The molecule has 15 heavy (non-hydrogen) atoms. The van der Waals surface area contributed by atoms with Gasteiger partial charge in [-0.1, -0.05) is 23.4 Å². The van der Waals surface area contributed by atoms with Crippen molar-refractivity contribution in [1.29, 1.82) is 0 Å². The van der Waals surface area contributed by atoms with Gasteiger partial charge in [0.25, 0.3) is 0 Å². The van der Waals surface area contributed by atoms with Crippen LogP contribution in [0.5, 0.6) is 0 Å². The normalized spacial score (nSPS) is 10.5. The Labute approximate surface area is 86.5 Å². The van der Waals surface area contributed by atoms with Crippen molar-refractivity contribution in [3.05, 3.63) is 47.5 Å². The van der Waals surface area contributed by atoms with E-state index in [1.165, 1.54) is 6.07 Å². The summed E-state index contributed by atoms with van der Waals surface area (Å²) in [7, 11) is 0. The predicted molar refractivity (Wildman–Crippen MR) is 53.4 cm³/mol. The van der Waals surface area contributed by atoms with E-state index in [-0.39, 0.29) is 5.82 Å². The molecule has 2 N–H and O–H groups in total. The Kier molecular flexibility index (Phi) is 2.73. The highest BCUT2D eigenvalue weighted by Gasteiger charge is 2.05. The van der Waals surface area contributed by atoms with Crippen LogP contribution in [0.2, 0.25) is 0 Å². The van der Waals surface area contributed by atoms with Crippen LogP contribution in [0.4, 0.5) is 4.39 Å². The highest BCUT2D eigenvalue weighted by Crippen LogP contribution is 2.08. The number of halogens is 1. The minimum Gasteiger partial charge on any atom is -0.325 e. The van der Waals surface area contributed by atoms with E-state index in [1.54, 1.807) is 29.1 Å². The van der Waals surface area contributed by atoms with Crippen LogP contribution in [0.3, 0.4) is 0 Å². The Hall–Kier alpha value is -1.75.